The highest BCUT2D eigenvalue weighted by atomic mass is 32.1. The van der Waals surface area contributed by atoms with Crippen molar-refractivity contribution in [2.24, 2.45) is 57.3 Å². The predicted octanol–water partition coefficient (Wildman–Crippen LogP) is 11.4. The fraction of sp³-hybridized carbons (Fsp3) is 0.423. The molecule has 336 valence electrons. The Labute approximate surface area is 388 Å². The van der Waals surface area contributed by atoms with Gasteiger partial charge in [-0.2, -0.15) is 0 Å². The second kappa shape index (κ2) is 16.5. The summed E-state index contributed by atoms with van der Waals surface area (Å²) >= 11 is 2.36. The molecule has 0 saturated heterocycles. The smallest absolute Gasteiger partial charge is 0.419 e. The molecule has 6 aliphatic carbocycles. The largest absolute Gasteiger partial charge is 0.444 e. The number of ether oxygens (including phenoxy) is 2. The first-order valence-corrected chi connectivity index (χ1v) is 25.2. The van der Waals surface area contributed by atoms with Crippen molar-refractivity contribution < 1.29 is 38.2 Å². The lowest BCUT2D eigenvalue weighted by Crippen LogP contribution is -2.35. The van der Waals surface area contributed by atoms with Crippen molar-refractivity contribution in [2.75, 3.05) is 0 Å². The van der Waals surface area contributed by atoms with E-state index in [0.29, 0.717) is 65.1 Å². The molecule has 0 amide bonds. The summed E-state index contributed by atoms with van der Waals surface area (Å²) in [7, 11) is 0. The number of thiophene rings is 2. The van der Waals surface area contributed by atoms with Crippen LogP contribution in [0.25, 0.3) is 31.5 Å². The van der Waals surface area contributed by atoms with Crippen molar-refractivity contribution in [1.29, 1.82) is 0 Å². The Bertz CT molecular complexity index is 2810. The number of Topliss-reactive ketones (excluding diaryl/α,β-unsaturated/α-hetero) is 4. The van der Waals surface area contributed by atoms with E-state index in [1.165, 1.54) is 31.8 Å². The Morgan fingerprint density at radius 3 is 1.18 bits per heavy atom. The molecular weight excluding hydrogens is 873 g/mol. The fourth-order valence-corrected chi connectivity index (χ4v) is 14.8. The zero-order valence-corrected chi connectivity index (χ0v) is 38.0. The number of ketones is 4. The first kappa shape index (κ1) is 41.6. The van der Waals surface area contributed by atoms with Crippen molar-refractivity contribution in [3.05, 3.63) is 83.9 Å². The predicted molar refractivity (Wildman–Crippen MR) is 252 cm³/mol. The normalized spacial score (nSPS) is 27.3. The third-order valence-electron chi connectivity index (χ3n) is 15.8. The summed E-state index contributed by atoms with van der Waals surface area (Å²) in [6.07, 6.45) is 10.4. The molecule has 0 bridgehead atoms. The van der Waals surface area contributed by atoms with E-state index < -0.39 is 12.2 Å². The quantitative estimate of drug-likeness (QED) is 0.160. The minimum Gasteiger partial charge on any atom is -0.444 e. The monoisotopic (exact) mass is 920 g/mol. The topological polar surface area (TPSA) is 155 Å². The summed E-state index contributed by atoms with van der Waals surface area (Å²) in [5.41, 5.74) is 2.94. The highest BCUT2D eigenvalue weighted by Gasteiger charge is 2.53. The SMILES string of the molecule is O=C1C(=Nc2cc3c(s2)c2c(c4sc(N=C5C(=O)C6CC7CCCCC7CC6C5=O)cc4n2C(=O)OCc2ccccc2)n3C(=O)OCc2ccccc2)C(=O)C2CC3CCCCC3CC12. The summed E-state index contributed by atoms with van der Waals surface area (Å²) in [5, 5.41) is 0.694. The molecule has 0 N–H and O–H groups in total. The van der Waals surface area contributed by atoms with Crippen LogP contribution in [0.1, 0.15) is 88.2 Å². The number of nitrogens with zero attached hydrogens (tertiary/aromatic N) is 4. The van der Waals surface area contributed by atoms with Crippen LogP contribution >= 0.6 is 22.7 Å². The molecule has 0 radical (unpaired) electrons. The Morgan fingerprint density at radius 1 is 0.515 bits per heavy atom. The molecule has 12 rings (SSSR count). The number of fused-ring (bicyclic) bond motifs is 9. The summed E-state index contributed by atoms with van der Waals surface area (Å²) in [5.74, 6) is -0.434. The van der Waals surface area contributed by atoms with E-state index in [2.05, 4.69) is 0 Å². The molecule has 6 fully saturated rings. The molecule has 8 unspecified atom stereocenters. The molecule has 4 heterocycles. The highest BCUT2D eigenvalue weighted by molar-refractivity contribution is 7.25. The summed E-state index contributed by atoms with van der Waals surface area (Å²) in [6.45, 7) is -0.0665. The van der Waals surface area contributed by atoms with Crippen molar-refractivity contribution in [1.82, 2.24) is 9.13 Å². The van der Waals surface area contributed by atoms with Crippen LogP contribution in [0, 0.1) is 47.3 Å². The van der Waals surface area contributed by atoms with E-state index in [1.54, 1.807) is 12.1 Å². The Balaban J connectivity index is 0.986. The minimum atomic E-state index is -0.720. The van der Waals surface area contributed by atoms with Gasteiger partial charge in [0.2, 0.25) is 0 Å². The standard InChI is InChI=1S/C52H48N4O8S2/c57-45-33-19-29-15-7-8-16-30(29)20-34(33)46(58)41(45)53-39-23-37-49(65-39)44-43(55(37)51(61)63-25-27-11-3-1-4-12-27)50-38(56(44)52(62)64-26-28-13-5-2-6-14-28)24-40(66-50)54-42-47(59)35-21-31-17-9-10-18-32(31)22-36(35)48(42)60/h1-6,11-14,23-24,29-36H,7-10,15-22,25-26H2. The van der Waals surface area contributed by atoms with Crippen LogP contribution in [0.4, 0.5) is 19.6 Å². The van der Waals surface area contributed by atoms with Gasteiger partial charge in [0.25, 0.3) is 0 Å². The lowest BCUT2D eigenvalue weighted by molar-refractivity contribution is -0.123. The molecule has 4 aromatic heterocycles. The minimum absolute atomic E-state index is 0.0332. The summed E-state index contributed by atoms with van der Waals surface area (Å²) in [4.78, 5) is 94.7. The molecule has 8 atom stereocenters. The van der Waals surface area contributed by atoms with E-state index in [9.17, 15) is 28.8 Å². The first-order chi connectivity index (χ1) is 32.2. The van der Waals surface area contributed by atoms with Crippen LogP contribution in [-0.4, -0.2) is 55.9 Å². The van der Waals surface area contributed by atoms with Crippen molar-refractivity contribution in [2.45, 2.75) is 90.3 Å². The van der Waals surface area contributed by atoms with Gasteiger partial charge in [-0.1, -0.05) is 112 Å². The number of hydrogen-bond acceptors (Lipinski definition) is 12. The molecule has 12 nitrogen and oxygen atoms in total. The molecule has 0 aliphatic heterocycles. The molecule has 6 aromatic rings. The van der Waals surface area contributed by atoms with Gasteiger partial charge in [0, 0.05) is 23.7 Å². The Kier molecular flexibility index (Phi) is 10.4. The van der Waals surface area contributed by atoms with Crippen LogP contribution in [-0.2, 0) is 41.9 Å². The molecule has 0 spiro atoms. The van der Waals surface area contributed by atoms with Gasteiger partial charge in [-0.25, -0.2) is 28.7 Å². The molecule has 14 heteroatoms. The number of aliphatic imine (C=N–C) groups is 2. The second-order valence-electron chi connectivity index (χ2n) is 19.4. The van der Waals surface area contributed by atoms with Crippen LogP contribution in [0.2, 0.25) is 0 Å². The van der Waals surface area contributed by atoms with Gasteiger partial charge in [0.15, 0.2) is 34.6 Å². The fourth-order valence-electron chi connectivity index (χ4n) is 12.7. The highest BCUT2D eigenvalue weighted by Crippen LogP contribution is 2.52. The average molecular weight is 921 g/mol. The molecule has 6 aliphatic rings. The van der Waals surface area contributed by atoms with Crippen LogP contribution < -0.4 is 0 Å². The van der Waals surface area contributed by atoms with Crippen molar-refractivity contribution in [3.8, 4) is 0 Å². The maximum atomic E-state index is 14.6. The average Bonchev–Trinajstić information content (AvgIpc) is 4.16. The molecular formula is C52H48N4O8S2. The maximum Gasteiger partial charge on any atom is 0.419 e. The number of carbonyl (C=O) groups excluding carboxylic acids is 6. The third kappa shape index (κ3) is 6.88. The van der Waals surface area contributed by atoms with Gasteiger partial charge in [-0.05, 0) is 72.6 Å². The molecule has 2 aromatic carbocycles. The van der Waals surface area contributed by atoms with Crippen molar-refractivity contribution in [3.63, 3.8) is 0 Å². The number of rotatable bonds is 6. The summed E-state index contributed by atoms with van der Waals surface area (Å²) in [6, 6.07) is 21.9. The van der Waals surface area contributed by atoms with E-state index in [0.717, 1.165) is 88.2 Å². The number of hydrogen-bond donors (Lipinski definition) is 0. The number of carbonyl (C=O) groups is 6. The zero-order valence-electron chi connectivity index (χ0n) is 36.3. The third-order valence-corrected chi connectivity index (χ3v) is 17.9. The van der Waals surface area contributed by atoms with Gasteiger partial charge in [-0.15, -0.1) is 22.7 Å². The van der Waals surface area contributed by atoms with E-state index in [1.807, 2.05) is 60.7 Å². The van der Waals surface area contributed by atoms with E-state index in [-0.39, 0.29) is 71.4 Å². The maximum absolute atomic E-state index is 14.6. The Hall–Kier alpha value is -5.86. The van der Waals surface area contributed by atoms with Gasteiger partial charge in [0.05, 0.1) is 31.5 Å². The summed E-state index contributed by atoms with van der Waals surface area (Å²) < 4.78 is 15.8. The molecule has 6 saturated carbocycles. The number of benzene rings is 2. The second-order valence-corrected chi connectivity index (χ2v) is 21.5. The van der Waals surface area contributed by atoms with Crippen molar-refractivity contribution >= 4 is 111 Å². The van der Waals surface area contributed by atoms with Gasteiger partial charge in [-0.3, -0.25) is 19.2 Å². The van der Waals surface area contributed by atoms with Gasteiger partial charge >= 0.3 is 12.2 Å². The Morgan fingerprint density at radius 2 is 0.848 bits per heavy atom. The molecule has 66 heavy (non-hydrogen) atoms. The van der Waals surface area contributed by atoms with Gasteiger partial charge in [0.1, 0.15) is 23.2 Å². The van der Waals surface area contributed by atoms with Crippen LogP contribution in [0.5, 0.6) is 0 Å². The number of aromatic nitrogens is 2. The van der Waals surface area contributed by atoms with Crippen LogP contribution in [0.15, 0.2) is 82.8 Å². The van der Waals surface area contributed by atoms with E-state index >= 15 is 0 Å². The lowest BCUT2D eigenvalue weighted by atomic mass is 9.64. The lowest BCUT2D eigenvalue weighted by Gasteiger charge is -2.39. The zero-order chi connectivity index (χ0) is 44.8. The van der Waals surface area contributed by atoms with E-state index in [4.69, 9.17) is 19.5 Å². The van der Waals surface area contributed by atoms with Crippen LogP contribution in [0.3, 0.4) is 0 Å². The first-order valence-electron chi connectivity index (χ1n) is 23.6. The van der Waals surface area contributed by atoms with Gasteiger partial charge < -0.3 is 9.47 Å².